The molecule has 1 atom stereocenters. The quantitative estimate of drug-likeness (QED) is 0.778. The van der Waals surface area contributed by atoms with E-state index >= 15 is 0 Å². The van der Waals surface area contributed by atoms with E-state index in [9.17, 15) is 9.59 Å². The molecule has 0 saturated heterocycles. The number of amides is 2. The van der Waals surface area contributed by atoms with Crippen LogP contribution in [0.25, 0.3) is 21.2 Å². The van der Waals surface area contributed by atoms with Gasteiger partial charge in [0.15, 0.2) is 0 Å². The lowest BCUT2D eigenvalue weighted by Crippen LogP contribution is -2.44. The average Bonchev–Trinajstić information content (AvgIpc) is 3.17. The van der Waals surface area contributed by atoms with Gasteiger partial charge in [0, 0.05) is 27.8 Å². The largest absolute Gasteiger partial charge is 0.368 e. The smallest absolute Gasteiger partial charge is 0.255 e. The number of benzene rings is 2. The molecule has 2 amide bonds. The van der Waals surface area contributed by atoms with Gasteiger partial charge in [-0.15, -0.1) is 11.3 Å². The zero-order chi connectivity index (χ0) is 17.6. The van der Waals surface area contributed by atoms with Crippen molar-refractivity contribution >= 4 is 33.2 Å². The highest BCUT2D eigenvalue weighted by molar-refractivity contribution is 7.17. The SMILES string of the molecule is CC[C@@H](C(N)=O)N1Cc2cc(-c3csc4ccccc34)ccc2C1=O. The second kappa shape index (κ2) is 6.01. The maximum atomic E-state index is 12.6. The van der Waals surface area contributed by atoms with E-state index in [0.717, 1.165) is 11.1 Å². The van der Waals surface area contributed by atoms with Crippen molar-refractivity contribution < 1.29 is 9.59 Å². The molecule has 0 spiro atoms. The highest BCUT2D eigenvalue weighted by atomic mass is 32.1. The molecule has 0 aliphatic carbocycles. The fourth-order valence-corrected chi connectivity index (χ4v) is 4.51. The molecule has 25 heavy (non-hydrogen) atoms. The lowest BCUT2D eigenvalue weighted by atomic mass is 10.00. The van der Waals surface area contributed by atoms with Crippen LogP contribution in [0.5, 0.6) is 0 Å². The van der Waals surface area contributed by atoms with E-state index in [1.165, 1.54) is 15.6 Å². The second-order valence-electron chi connectivity index (χ2n) is 6.28. The Kier molecular flexibility index (Phi) is 3.81. The standard InChI is InChI=1S/C20H18N2O2S/c1-2-17(19(21)23)22-10-13-9-12(7-8-14(13)20(22)24)16-11-25-18-6-4-3-5-15(16)18/h3-9,11,17H,2,10H2,1H3,(H2,21,23)/t17-/m0/s1. The summed E-state index contributed by atoms with van der Waals surface area (Å²) in [5, 5.41) is 3.37. The minimum atomic E-state index is -0.551. The molecule has 2 heterocycles. The van der Waals surface area contributed by atoms with Crippen LogP contribution in [0.2, 0.25) is 0 Å². The number of nitrogens with two attached hydrogens (primary N) is 1. The third kappa shape index (κ3) is 2.51. The van der Waals surface area contributed by atoms with Crippen molar-refractivity contribution in [3.8, 4) is 11.1 Å². The third-order valence-electron chi connectivity index (χ3n) is 4.82. The molecule has 4 nitrogen and oxygen atoms in total. The number of carbonyl (C=O) groups excluding carboxylic acids is 2. The molecule has 0 unspecified atom stereocenters. The Balaban J connectivity index is 1.74. The number of rotatable bonds is 4. The predicted molar refractivity (Wildman–Crippen MR) is 100 cm³/mol. The van der Waals surface area contributed by atoms with Gasteiger partial charge in [-0.2, -0.15) is 0 Å². The summed E-state index contributed by atoms with van der Waals surface area (Å²) in [4.78, 5) is 25.9. The van der Waals surface area contributed by atoms with E-state index in [1.807, 2.05) is 31.2 Å². The molecule has 5 heteroatoms. The highest BCUT2D eigenvalue weighted by Crippen LogP contribution is 2.36. The highest BCUT2D eigenvalue weighted by Gasteiger charge is 2.34. The van der Waals surface area contributed by atoms with Gasteiger partial charge in [0.25, 0.3) is 5.91 Å². The second-order valence-corrected chi connectivity index (χ2v) is 7.19. The van der Waals surface area contributed by atoms with Crippen molar-refractivity contribution in [1.29, 1.82) is 0 Å². The normalized spacial score (nSPS) is 14.8. The Labute approximate surface area is 149 Å². The lowest BCUT2D eigenvalue weighted by Gasteiger charge is -2.23. The molecule has 0 radical (unpaired) electrons. The van der Waals surface area contributed by atoms with Crippen LogP contribution < -0.4 is 5.73 Å². The maximum absolute atomic E-state index is 12.6. The number of thiophene rings is 1. The molecular weight excluding hydrogens is 332 g/mol. The Morgan fingerprint density at radius 2 is 2.04 bits per heavy atom. The van der Waals surface area contributed by atoms with Crippen LogP contribution in [0.4, 0.5) is 0 Å². The van der Waals surface area contributed by atoms with E-state index in [1.54, 1.807) is 16.2 Å². The first kappa shape index (κ1) is 15.8. The molecule has 2 aromatic carbocycles. The van der Waals surface area contributed by atoms with Crippen molar-refractivity contribution in [2.24, 2.45) is 5.73 Å². The number of primary amides is 1. The van der Waals surface area contributed by atoms with Crippen LogP contribution in [0, 0.1) is 0 Å². The molecule has 0 saturated carbocycles. The minimum Gasteiger partial charge on any atom is -0.368 e. The molecule has 4 rings (SSSR count). The Hall–Kier alpha value is -2.66. The molecule has 0 bridgehead atoms. The van der Waals surface area contributed by atoms with Gasteiger partial charge < -0.3 is 10.6 Å². The Morgan fingerprint density at radius 3 is 2.80 bits per heavy atom. The Bertz CT molecular complexity index is 992. The number of hydrogen-bond acceptors (Lipinski definition) is 3. The first-order valence-corrected chi connectivity index (χ1v) is 9.18. The summed E-state index contributed by atoms with van der Waals surface area (Å²) >= 11 is 1.72. The predicted octanol–water partition coefficient (Wildman–Crippen LogP) is 3.79. The molecule has 1 aliphatic heterocycles. The zero-order valence-corrected chi connectivity index (χ0v) is 14.7. The third-order valence-corrected chi connectivity index (χ3v) is 5.78. The van der Waals surface area contributed by atoms with Crippen LogP contribution in [0.15, 0.2) is 47.8 Å². The van der Waals surface area contributed by atoms with Gasteiger partial charge in [-0.3, -0.25) is 9.59 Å². The number of carbonyl (C=O) groups is 2. The van der Waals surface area contributed by atoms with Crippen molar-refractivity contribution in [3.05, 3.63) is 59.0 Å². The summed E-state index contributed by atoms with van der Waals surface area (Å²) in [6, 6.07) is 13.7. The molecule has 2 N–H and O–H groups in total. The lowest BCUT2D eigenvalue weighted by molar-refractivity contribution is -0.122. The summed E-state index contributed by atoms with van der Waals surface area (Å²) in [6.45, 7) is 2.31. The zero-order valence-electron chi connectivity index (χ0n) is 13.9. The van der Waals surface area contributed by atoms with E-state index in [4.69, 9.17) is 5.73 Å². The molecule has 1 aliphatic rings. The topological polar surface area (TPSA) is 63.4 Å². The summed E-state index contributed by atoms with van der Waals surface area (Å²) in [5.41, 5.74) is 9.36. The molecule has 3 aromatic rings. The minimum absolute atomic E-state index is 0.109. The molecule has 126 valence electrons. The number of hydrogen-bond donors (Lipinski definition) is 1. The summed E-state index contributed by atoms with van der Waals surface area (Å²) in [7, 11) is 0. The van der Waals surface area contributed by atoms with Gasteiger partial charge in [-0.1, -0.05) is 31.2 Å². The van der Waals surface area contributed by atoms with Crippen LogP contribution in [-0.2, 0) is 11.3 Å². The fourth-order valence-electron chi connectivity index (χ4n) is 3.54. The monoisotopic (exact) mass is 350 g/mol. The Morgan fingerprint density at radius 1 is 1.24 bits per heavy atom. The summed E-state index contributed by atoms with van der Waals surface area (Å²) in [5.74, 6) is -0.560. The van der Waals surface area contributed by atoms with Crippen LogP contribution in [0.1, 0.15) is 29.3 Å². The van der Waals surface area contributed by atoms with Crippen LogP contribution >= 0.6 is 11.3 Å². The van der Waals surface area contributed by atoms with Gasteiger partial charge in [-0.05, 0) is 41.1 Å². The van der Waals surface area contributed by atoms with Gasteiger partial charge in [0.1, 0.15) is 6.04 Å². The van der Waals surface area contributed by atoms with Gasteiger partial charge in [0.05, 0.1) is 0 Å². The summed E-state index contributed by atoms with van der Waals surface area (Å²) in [6.07, 6.45) is 0.525. The van der Waals surface area contributed by atoms with Crippen LogP contribution in [0.3, 0.4) is 0 Å². The van der Waals surface area contributed by atoms with Crippen molar-refractivity contribution in [1.82, 2.24) is 4.90 Å². The van der Waals surface area contributed by atoms with E-state index in [2.05, 4.69) is 23.6 Å². The van der Waals surface area contributed by atoms with Crippen molar-refractivity contribution in [3.63, 3.8) is 0 Å². The summed E-state index contributed by atoms with van der Waals surface area (Å²) < 4.78 is 1.25. The number of nitrogens with zero attached hydrogens (tertiary/aromatic N) is 1. The van der Waals surface area contributed by atoms with Gasteiger partial charge >= 0.3 is 0 Å². The molecular formula is C20H18N2O2S. The number of fused-ring (bicyclic) bond motifs is 2. The van der Waals surface area contributed by atoms with Crippen molar-refractivity contribution in [2.45, 2.75) is 25.9 Å². The fraction of sp³-hybridized carbons (Fsp3) is 0.200. The molecule has 0 fully saturated rings. The van der Waals surface area contributed by atoms with E-state index in [-0.39, 0.29) is 5.91 Å². The van der Waals surface area contributed by atoms with Gasteiger partial charge in [0.2, 0.25) is 5.91 Å². The van der Waals surface area contributed by atoms with E-state index < -0.39 is 11.9 Å². The first-order chi connectivity index (χ1) is 12.1. The average molecular weight is 350 g/mol. The van der Waals surface area contributed by atoms with Gasteiger partial charge in [-0.25, -0.2) is 0 Å². The first-order valence-electron chi connectivity index (χ1n) is 8.30. The molecule has 1 aromatic heterocycles. The van der Waals surface area contributed by atoms with E-state index in [0.29, 0.717) is 18.5 Å². The van der Waals surface area contributed by atoms with Crippen molar-refractivity contribution in [2.75, 3.05) is 0 Å². The maximum Gasteiger partial charge on any atom is 0.255 e. The van der Waals surface area contributed by atoms with Crippen LogP contribution in [-0.4, -0.2) is 22.8 Å².